The Morgan fingerprint density at radius 3 is 2.00 bits per heavy atom. The maximum absolute atomic E-state index is 11.1. The van der Waals surface area contributed by atoms with Crippen molar-refractivity contribution in [3.8, 4) is 0 Å². The summed E-state index contributed by atoms with van der Waals surface area (Å²) in [5, 5.41) is 3.12. The maximum Gasteiger partial charge on any atom is 0.257 e. The van der Waals surface area contributed by atoms with E-state index in [1.165, 1.54) is 12.1 Å². The fourth-order valence-corrected chi connectivity index (χ4v) is 1.53. The minimum atomic E-state index is -1.15. The lowest BCUT2D eigenvalue weighted by Crippen LogP contribution is -2.18. The van der Waals surface area contributed by atoms with Crippen LogP contribution in [0, 0.1) is 0 Å². The Hall–Kier alpha value is 0.140. The van der Waals surface area contributed by atoms with Crippen LogP contribution in [0.5, 0.6) is 0 Å². The van der Waals surface area contributed by atoms with Crippen LogP contribution in [0.1, 0.15) is 0 Å². The average molecular weight is 307 g/mol. The fourth-order valence-electron chi connectivity index (χ4n) is 0.825. The number of anilines is 1. The Bertz CT molecular complexity index is 370. The summed E-state index contributed by atoms with van der Waals surface area (Å²) < 4.78 is 0. The van der Waals surface area contributed by atoms with Crippen LogP contribution in [0.15, 0.2) is 12.1 Å². The average Bonchev–Trinajstić information content (AvgIpc) is 2.13. The largest absolute Gasteiger partial charge is 0.324 e. The number of carbonyl (C=O) groups excluding carboxylic acids is 1. The lowest BCUT2D eigenvalue weighted by atomic mass is 10.3. The molecule has 1 aromatic carbocycles. The molecule has 0 saturated carbocycles. The van der Waals surface area contributed by atoms with Crippen molar-refractivity contribution in [3.05, 3.63) is 27.2 Å². The number of halogens is 5. The standard InChI is InChI=1S/C8H4Cl5NO/c9-4-1-3(2-5(10)6(4)11)14-8(15)7(12)13/h1-2,7H,(H,14,15). The van der Waals surface area contributed by atoms with E-state index in [0.717, 1.165) is 0 Å². The van der Waals surface area contributed by atoms with Gasteiger partial charge in [-0.05, 0) is 12.1 Å². The van der Waals surface area contributed by atoms with E-state index in [2.05, 4.69) is 5.32 Å². The molecule has 0 heterocycles. The van der Waals surface area contributed by atoms with E-state index in [-0.39, 0.29) is 15.1 Å². The van der Waals surface area contributed by atoms with Crippen LogP contribution in [0.4, 0.5) is 5.69 Å². The van der Waals surface area contributed by atoms with E-state index in [1.807, 2.05) is 0 Å². The molecular weight excluding hydrogens is 303 g/mol. The molecule has 0 saturated heterocycles. The molecular formula is C8H4Cl5NO. The number of amides is 1. The van der Waals surface area contributed by atoms with Crippen LogP contribution in [0.25, 0.3) is 0 Å². The molecule has 2 nitrogen and oxygen atoms in total. The molecule has 0 aliphatic carbocycles. The summed E-state index contributed by atoms with van der Waals surface area (Å²) in [5.74, 6) is -0.562. The predicted molar refractivity (Wildman–Crippen MR) is 65.6 cm³/mol. The fraction of sp³-hybridized carbons (Fsp3) is 0.125. The number of hydrogen-bond acceptors (Lipinski definition) is 1. The highest BCUT2D eigenvalue weighted by molar-refractivity contribution is 6.54. The first kappa shape index (κ1) is 13.2. The molecule has 0 radical (unpaired) electrons. The van der Waals surface area contributed by atoms with Crippen molar-refractivity contribution >= 4 is 69.6 Å². The van der Waals surface area contributed by atoms with Crippen LogP contribution in [0.3, 0.4) is 0 Å². The van der Waals surface area contributed by atoms with E-state index in [9.17, 15) is 4.79 Å². The molecule has 1 N–H and O–H groups in total. The van der Waals surface area contributed by atoms with Crippen molar-refractivity contribution < 1.29 is 4.79 Å². The summed E-state index contributed by atoms with van der Waals surface area (Å²) in [5.41, 5.74) is 0.380. The lowest BCUT2D eigenvalue weighted by molar-refractivity contribution is -0.114. The molecule has 0 aliphatic heterocycles. The summed E-state index contributed by atoms with van der Waals surface area (Å²) in [4.78, 5) is 9.97. The highest BCUT2D eigenvalue weighted by Gasteiger charge is 2.13. The van der Waals surface area contributed by atoms with Gasteiger partial charge in [-0.25, -0.2) is 0 Å². The molecule has 0 spiro atoms. The molecule has 15 heavy (non-hydrogen) atoms. The second-order valence-corrected chi connectivity index (χ2v) is 4.83. The SMILES string of the molecule is O=C(Nc1cc(Cl)c(Cl)c(Cl)c1)C(Cl)Cl. The molecule has 1 aromatic rings. The normalized spacial score (nSPS) is 10.5. The quantitative estimate of drug-likeness (QED) is 0.637. The van der Waals surface area contributed by atoms with Gasteiger partial charge in [-0.2, -0.15) is 0 Å². The van der Waals surface area contributed by atoms with E-state index in [1.54, 1.807) is 0 Å². The van der Waals surface area contributed by atoms with Gasteiger partial charge in [0, 0.05) is 5.69 Å². The van der Waals surface area contributed by atoms with Crippen molar-refractivity contribution in [2.75, 3.05) is 5.32 Å². The van der Waals surface area contributed by atoms with Crippen molar-refractivity contribution in [2.24, 2.45) is 0 Å². The maximum atomic E-state index is 11.1. The molecule has 0 bridgehead atoms. The summed E-state index contributed by atoms with van der Waals surface area (Å²) in [6, 6.07) is 2.90. The van der Waals surface area contributed by atoms with Gasteiger partial charge in [0.25, 0.3) is 5.91 Å². The number of carbonyl (C=O) groups is 1. The third-order valence-electron chi connectivity index (χ3n) is 1.45. The molecule has 1 rings (SSSR count). The van der Waals surface area contributed by atoms with Crippen LogP contribution in [0.2, 0.25) is 15.1 Å². The van der Waals surface area contributed by atoms with Gasteiger partial charge in [-0.3, -0.25) is 4.79 Å². The first-order chi connectivity index (χ1) is 6.91. The van der Waals surface area contributed by atoms with Gasteiger partial charge in [0.1, 0.15) is 0 Å². The van der Waals surface area contributed by atoms with E-state index < -0.39 is 10.7 Å². The van der Waals surface area contributed by atoms with E-state index in [4.69, 9.17) is 58.0 Å². The van der Waals surface area contributed by atoms with Crippen molar-refractivity contribution in [1.29, 1.82) is 0 Å². The Balaban J connectivity index is 2.93. The number of hydrogen-bond donors (Lipinski definition) is 1. The molecule has 0 fully saturated rings. The van der Waals surface area contributed by atoms with Gasteiger partial charge >= 0.3 is 0 Å². The van der Waals surface area contributed by atoms with Crippen molar-refractivity contribution in [1.82, 2.24) is 0 Å². The van der Waals surface area contributed by atoms with Gasteiger partial charge in [0.15, 0.2) is 4.84 Å². The number of rotatable bonds is 2. The van der Waals surface area contributed by atoms with Crippen LogP contribution >= 0.6 is 58.0 Å². The second-order valence-electron chi connectivity index (χ2n) is 2.54. The van der Waals surface area contributed by atoms with Gasteiger partial charge in [-0.15, -0.1) is 0 Å². The van der Waals surface area contributed by atoms with E-state index >= 15 is 0 Å². The zero-order valence-electron chi connectivity index (χ0n) is 7.03. The topological polar surface area (TPSA) is 29.1 Å². The third kappa shape index (κ3) is 3.58. The number of nitrogens with one attached hydrogen (secondary N) is 1. The summed E-state index contributed by atoms with van der Waals surface area (Å²) in [7, 11) is 0. The van der Waals surface area contributed by atoms with Crippen molar-refractivity contribution in [3.63, 3.8) is 0 Å². The monoisotopic (exact) mass is 305 g/mol. The van der Waals surface area contributed by atoms with E-state index in [0.29, 0.717) is 5.69 Å². The lowest BCUT2D eigenvalue weighted by Gasteiger charge is -2.07. The predicted octanol–water partition coefficient (Wildman–Crippen LogP) is 4.39. The van der Waals surface area contributed by atoms with Crippen LogP contribution < -0.4 is 5.32 Å². The molecule has 0 unspecified atom stereocenters. The molecule has 0 aromatic heterocycles. The summed E-state index contributed by atoms with van der Waals surface area (Å²) in [6.45, 7) is 0. The zero-order valence-corrected chi connectivity index (χ0v) is 10.8. The molecule has 1 amide bonds. The Morgan fingerprint density at radius 2 is 1.60 bits per heavy atom. The van der Waals surface area contributed by atoms with Crippen LogP contribution in [-0.4, -0.2) is 10.7 Å². The van der Waals surface area contributed by atoms with Gasteiger partial charge in [-0.1, -0.05) is 58.0 Å². The van der Waals surface area contributed by atoms with Crippen LogP contribution in [-0.2, 0) is 4.79 Å². The first-order valence-electron chi connectivity index (χ1n) is 3.65. The molecule has 0 atom stereocenters. The highest BCUT2D eigenvalue weighted by atomic mass is 35.5. The first-order valence-corrected chi connectivity index (χ1v) is 5.66. The molecule has 82 valence electrons. The number of alkyl halides is 2. The second kappa shape index (κ2) is 5.46. The zero-order chi connectivity index (χ0) is 11.6. The number of benzene rings is 1. The van der Waals surface area contributed by atoms with Gasteiger partial charge in [0.2, 0.25) is 0 Å². The minimum Gasteiger partial charge on any atom is -0.324 e. The van der Waals surface area contributed by atoms with Crippen molar-refractivity contribution in [2.45, 2.75) is 4.84 Å². The Kier molecular flexibility index (Phi) is 4.81. The molecule has 0 aliphatic rings. The Morgan fingerprint density at radius 1 is 1.13 bits per heavy atom. The summed E-state index contributed by atoms with van der Waals surface area (Å²) >= 11 is 27.9. The van der Waals surface area contributed by atoms with Gasteiger partial charge in [0.05, 0.1) is 15.1 Å². The smallest absolute Gasteiger partial charge is 0.257 e. The highest BCUT2D eigenvalue weighted by Crippen LogP contribution is 2.33. The minimum absolute atomic E-state index is 0.227. The third-order valence-corrected chi connectivity index (χ3v) is 3.04. The molecule has 7 heteroatoms. The summed E-state index contributed by atoms with van der Waals surface area (Å²) in [6.07, 6.45) is 0. The van der Waals surface area contributed by atoms with Gasteiger partial charge < -0.3 is 5.32 Å². The Labute approximate surface area is 111 Å².